The predicted molar refractivity (Wildman–Crippen MR) is 53.0 cm³/mol. The van der Waals surface area contributed by atoms with Crippen molar-refractivity contribution in [3.05, 3.63) is 15.4 Å². The number of Topliss-reactive ketones (excluding diaryl/α,β-unsaturated/α-hetero) is 1. The maximum Gasteiger partial charge on any atom is 0.188 e. The second-order valence-electron chi connectivity index (χ2n) is 2.43. The van der Waals surface area contributed by atoms with Crippen LogP contribution in [0.1, 0.15) is 11.8 Å². The van der Waals surface area contributed by atoms with Crippen LogP contribution in [-0.4, -0.2) is 12.9 Å². The number of ketones is 1. The van der Waals surface area contributed by atoms with E-state index in [-0.39, 0.29) is 5.78 Å². The first-order valence-electron chi connectivity index (χ1n) is 3.45. The molecule has 1 aromatic heterocycles. The van der Waals surface area contributed by atoms with Crippen molar-refractivity contribution in [1.29, 1.82) is 0 Å². The number of hydrogen-bond donors (Lipinski definition) is 0. The topological polar surface area (TPSA) is 26.3 Å². The van der Waals surface area contributed by atoms with Crippen LogP contribution in [0.3, 0.4) is 0 Å². The Balaban J connectivity index is 2.82. The molecule has 1 rings (SSSR count). The minimum atomic E-state index is 0.173. The summed E-state index contributed by atoms with van der Waals surface area (Å²) in [5.41, 5.74) is 0. The second-order valence-corrected chi connectivity index (χ2v) is 4.38. The predicted octanol–water partition coefficient (Wildman–Crippen LogP) is 2.65. The van der Waals surface area contributed by atoms with Gasteiger partial charge in [0.15, 0.2) is 5.06 Å². The lowest BCUT2D eigenvalue weighted by molar-refractivity contribution is -0.116. The van der Waals surface area contributed by atoms with Gasteiger partial charge in [0.1, 0.15) is 5.78 Å². The molecule has 66 valence electrons. The van der Waals surface area contributed by atoms with Gasteiger partial charge in [0, 0.05) is 11.3 Å². The summed E-state index contributed by atoms with van der Waals surface area (Å²) in [4.78, 5) is 11.8. The molecule has 0 aliphatic heterocycles. The Hall–Kier alpha value is -0.350. The maximum atomic E-state index is 10.8. The second kappa shape index (κ2) is 4.05. The van der Waals surface area contributed by atoms with E-state index in [9.17, 15) is 4.79 Å². The molecule has 2 nitrogen and oxygen atoms in total. The molecule has 0 bridgehead atoms. The average molecular weight is 249 g/mol. The fraction of sp³-hybridized carbons (Fsp3) is 0.375. The number of carbonyl (C=O) groups excluding carboxylic acids is 1. The minimum absolute atomic E-state index is 0.173. The van der Waals surface area contributed by atoms with E-state index in [1.54, 1.807) is 14.0 Å². The number of rotatable bonds is 3. The van der Waals surface area contributed by atoms with Crippen molar-refractivity contribution in [3.63, 3.8) is 0 Å². The monoisotopic (exact) mass is 248 g/mol. The zero-order valence-electron chi connectivity index (χ0n) is 6.89. The fourth-order valence-electron chi connectivity index (χ4n) is 0.869. The zero-order chi connectivity index (χ0) is 9.14. The molecule has 0 aromatic carbocycles. The molecule has 1 heterocycles. The van der Waals surface area contributed by atoms with Gasteiger partial charge in [-0.3, -0.25) is 4.79 Å². The third-order valence-electron chi connectivity index (χ3n) is 1.32. The van der Waals surface area contributed by atoms with Crippen molar-refractivity contribution in [3.8, 4) is 5.06 Å². The molecular weight excluding hydrogens is 240 g/mol. The van der Waals surface area contributed by atoms with Crippen LogP contribution >= 0.6 is 27.3 Å². The van der Waals surface area contributed by atoms with Crippen LogP contribution in [0.4, 0.5) is 0 Å². The molecule has 0 aliphatic carbocycles. The number of methoxy groups -OCH3 is 1. The lowest BCUT2D eigenvalue weighted by Gasteiger charge is -1.91. The third-order valence-corrected chi connectivity index (χ3v) is 3.26. The van der Waals surface area contributed by atoms with E-state index in [0.29, 0.717) is 6.42 Å². The fourth-order valence-corrected chi connectivity index (χ4v) is 2.63. The highest BCUT2D eigenvalue weighted by atomic mass is 79.9. The summed E-state index contributed by atoms with van der Waals surface area (Å²) in [5, 5.41) is 0.825. The summed E-state index contributed by atoms with van der Waals surface area (Å²) >= 11 is 4.84. The molecule has 0 saturated carbocycles. The number of halogens is 1. The Labute approximate surface area is 83.7 Å². The number of carbonyl (C=O) groups is 1. The minimum Gasteiger partial charge on any atom is -0.486 e. The van der Waals surface area contributed by atoms with Crippen LogP contribution in [0.25, 0.3) is 0 Å². The molecule has 0 spiro atoms. The molecule has 0 atom stereocenters. The lowest BCUT2D eigenvalue weighted by atomic mass is 10.3. The number of thiophene rings is 1. The third kappa shape index (κ3) is 2.32. The molecule has 0 saturated heterocycles. The van der Waals surface area contributed by atoms with Crippen LogP contribution in [0.2, 0.25) is 0 Å². The van der Waals surface area contributed by atoms with Crippen molar-refractivity contribution in [2.45, 2.75) is 13.3 Å². The quantitative estimate of drug-likeness (QED) is 0.823. The summed E-state index contributed by atoms with van der Waals surface area (Å²) in [5.74, 6) is 0.173. The van der Waals surface area contributed by atoms with E-state index in [0.717, 1.165) is 14.4 Å². The van der Waals surface area contributed by atoms with Gasteiger partial charge in [0.2, 0.25) is 0 Å². The molecular formula is C8H9BrO2S. The van der Waals surface area contributed by atoms with Gasteiger partial charge in [0.05, 0.1) is 11.6 Å². The van der Waals surface area contributed by atoms with Gasteiger partial charge in [-0.2, -0.15) is 0 Å². The summed E-state index contributed by atoms with van der Waals surface area (Å²) in [6.45, 7) is 1.58. The van der Waals surface area contributed by atoms with Gasteiger partial charge in [-0.05, 0) is 28.9 Å². The van der Waals surface area contributed by atoms with Gasteiger partial charge in [-0.25, -0.2) is 0 Å². The van der Waals surface area contributed by atoms with E-state index in [1.807, 2.05) is 6.07 Å². The van der Waals surface area contributed by atoms with Crippen molar-refractivity contribution in [2.24, 2.45) is 0 Å². The van der Waals surface area contributed by atoms with Crippen molar-refractivity contribution >= 4 is 33.0 Å². The Morgan fingerprint density at radius 1 is 1.75 bits per heavy atom. The normalized spacial score (nSPS) is 9.92. The summed E-state index contributed by atoms with van der Waals surface area (Å²) in [6.07, 6.45) is 0.493. The lowest BCUT2D eigenvalue weighted by Crippen LogP contribution is -1.92. The molecule has 4 heteroatoms. The Bertz CT molecular complexity index is 293. The highest BCUT2D eigenvalue weighted by Gasteiger charge is 2.07. The smallest absolute Gasteiger partial charge is 0.188 e. The molecule has 0 amide bonds. The molecule has 0 radical (unpaired) electrons. The van der Waals surface area contributed by atoms with Crippen LogP contribution in [-0.2, 0) is 11.2 Å². The van der Waals surface area contributed by atoms with Gasteiger partial charge in [-0.1, -0.05) is 0 Å². The highest BCUT2D eigenvalue weighted by molar-refractivity contribution is 9.10. The van der Waals surface area contributed by atoms with Gasteiger partial charge in [-0.15, -0.1) is 11.3 Å². The number of hydrogen-bond acceptors (Lipinski definition) is 3. The first kappa shape index (κ1) is 9.74. The van der Waals surface area contributed by atoms with Crippen molar-refractivity contribution in [1.82, 2.24) is 0 Å². The molecule has 0 fully saturated rings. The Morgan fingerprint density at radius 2 is 2.42 bits per heavy atom. The van der Waals surface area contributed by atoms with Gasteiger partial charge >= 0.3 is 0 Å². The molecule has 0 unspecified atom stereocenters. The van der Waals surface area contributed by atoms with E-state index < -0.39 is 0 Å². The van der Waals surface area contributed by atoms with Crippen LogP contribution in [0.15, 0.2) is 10.5 Å². The summed E-state index contributed by atoms with van der Waals surface area (Å²) < 4.78 is 5.99. The Morgan fingerprint density at radius 3 is 2.83 bits per heavy atom. The molecule has 0 N–H and O–H groups in total. The maximum absolute atomic E-state index is 10.8. The number of ether oxygens (including phenoxy) is 1. The van der Waals surface area contributed by atoms with Crippen LogP contribution in [0, 0.1) is 0 Å². The van der Waals surface area contributed by atoms with E-state index in [2.05, 4.69) is 15.9 Å². The molecule has 1 aromatic rings. The van der Waals surface area contributed by atoms with Crippen LogP contribution < -0.4 is 4.74 Å². The van der Waals surface area contributed by atoms with E-state index >= 15 is 0 Å². The summed E-state index contributed by atoms with van der Waals surface area (Å²) in [7, 11) is 1.62. The summed E-state index contributed by atoms with van der Waals surface area (Å²) in [6, 6.07) is 1.92. The van der Waals surface area contributed by atoms with Crippen molar-refractivity contribution < 1.29 is 9.53 Å². The SMILES string of the molecule is COc1sc(CC(C)=O)cc1Br. The largest absolute Gasteiger partial charge is 0.486 e. The van der Waals surface area contributed by atoms with Crippen molar-refractivity contribution in [2.75, 3.05) is 7.11 Å². The molecule has 0 aliphatic rings. The first-order chi connectivity index (χ1) is 5.63. The van der Waals surface area contributed by atoms with Crippen LogP contribution in [0.5, 0.6) is 5.06 Å². The first-order valence-corrected chi connectivity index (χ1v) is 5.06. The van der Waals surface area contributed by atoms with E-state index in [4.69, 9.17) is 4.74 Å². The molecule has 12 heavy (non-hydrogen) atoms. The average Bonchev–Trinajstić information content (AvgIpc) is 2.29. The standard InChI is InChI=1S/C8H9BrO2S/c1-5(10)3-6-4-7(9)8(11-2)12-6/h4H,3H2,1-2H3. The zero-order valence-corrected chi connectivity index (χ0v) is 9.29. The van der Waals surface area contributed by atoms with Gasteiger partial charge < -0.3 is 4.74 Å². The Kier molecular flexibility index (Phi) is 3.29. The van der Waals surface area contributed by atoms with E-state index in [1.165, 1.54) is 11.3 Å². The van der Waals surface area contributed by atoms with Gasteiger partial charge in [0.25, 0.3) is 0 Å². The highest BCUT2D eigenvalue weighted by Crippen LogP contribution is 2.34.